The van der Waals surface area contributed by atoms with E-state index in [0.29, 0.717) is 41.6 Å². The third-order valence-electron chi connectivity index (χ3n) is 11.3. The van der Waals surface area contributed by atoms with Gasteiger partial charge < -0.3 is 19.4 Å². The van der Waals surface area contributed by atoms with Crippen LogP contribution in [0.15, 0.2) is 52.0 Å². The van der Waals surface area contributed by atoms with Crippen LogP contribution in [0.2, 0.25) is 0 Å². The highest BCUT2D eigenvalue weighted by Crippen LogP contribution is 2.38. The van der Waals surface area contributed by atoms with Crippen molar-refractivity contribution >= 4 is 45.3 Å². The summed E-state index contributed by atoms with van der Waals surface area (Å²) in [5.41, 5.74) is 4.17. The van der Waals surface area contributed by atoms with Gasteiger partial charge in [-0.15, -0.1) is 0 Å². The molecule has 1 saturated carbocycles. The van der Waals surface area contributed by atoms with Gasteiger partial charge in [0.25, 0.3) is 5.91 Å². The van der Waals surface area contributed by atoms with Crippen molar-refractivity contribution in [3.05, 3.63) is 70.4 Å². The molecule has 14 nitrogen and oxygen atoms in total. The zero-order valence-corrected chi connectivity index (χ0v) is 29.8. The molecule has 0 radical (unpaired) electrons. The fraction of sp³-hybridized carbons (Fsp3) is 0.474. The summed E-state index contributed by atoms with van der Waals surface area (Å²) in [4.78, 5) is 57.3. The zero-order valence-electron chi connectivity index (χ0n) is 29.8. The van der Waals surface area contributed by atoms with Gasteiger partial charge in [0.2, 0.25) is 11.8 Å². The van der Waals surface area contributed by atoms with Crippen LogP contribution in [0.3, 0.4) is 0 Å². The smallest absolute Gasteiger partial charge is 0.329 e. The second-order valence-corrected chi connectivity index (χ2v) is 14.6. The number of methoxy groups -OCH3 is 1. The molecular formula is C38H44N8O6. The molecule has 2 aliphatic heterocycles. The van der Waals surface area contributed by atoms with E-state index in [-0.39, 0.29) is 29.6 Å². The van der Waals surface area contributed by atoms with Crippen LogP contribution >= 0.6 is 0 Å². The van der Waals surface area contributed by atoms with Crippen molar-refractivity contribution in [3.8, 4) is 5.75 Å². The second-order valence-electron chi connectivity index (χ2n) is 14.6. The molecule has 8 rings (SSSR count). The molecule has 52 heavy (non-hydrogen) atoms. The molecule has 0 spiro atoms. The lowest BCUT2D eigenvalue weighted by Gasteiger charge is -2.37. The number of rotatable bonds is 8. The van der Waals surface area contributed by atoms with E-state index in [1.165, 1.54) is 6.26 Å². The summed E-state index contributed by atoms with van der Waals surface area (Å²) in [5, 5.41) is 11.1. The van der Waals surface area contributed by atoms with E-state index in [1.54, 1.807) is 30.2 Å². The minimum Gasteiger partial charge on any atom is -0.494 e. The van der Waals surface area contributed by atoms with Crippen molar-refractivity contribution in [1.29, 1.82) is 0 Å². The van der Waals surface area contributed by atoms with Crippen LogP contribution in [0.25, 0.3) is 21.9 Å². The number of imidazole rings is 1. The van der Waals surface area contributed by atoms with Crippen molar-refractivity contribution in [2.75, 3.05) is 32.1 Å². The van der Waals surface area contributed by atoms with Gasteiger partial charge in [-0.1, -0.05) is 12.1 Å². The van der Waals surface area contributed by atoms with Crippen LogP contribution in [-0.4, -0.2) is 73.3 Å². The Balaban J connectivity index is 0.880. The molecule has 3 fully saturated rings. The molecule has 1 aliphatic carbocycles. The van der Waals surface area contributed by atoms with Crippen LogP contribution in [0.4, 0.5) is 5.69 Å². The lowest BCUT2D eigenvalue weighted by atomic mass is 9.84. The maximum Gasteiger partial charge on any atom is 0.329 e. The average Bonchev–Trinajstić information content (AvgIpc) is 3.84. The first-order valence-corrected chi connectivity index (χ1v) is 18.2. The number of oxazole rings is 1. The van der Waals surface area contributed by atoms with Gasteiger partial charge >= 0.3 is 5.69 Å². The van der Waals surface area contributed by atoms with Gasteiger partial charge in [0.05, 0.1) is 35.4 Å². The van der Waals surface area contributed by atoms with Crippen LogP contribution in [-0.2, 0) is 16.6 Å². The van der Waals surface area contributed by atoms with Crippen LogP contribution < -0.4 is 21.1 Å². The van der Waals surface area contributed by atoms with Gasteiger partial charge in [-0.3, -0.25) is 33.5 Å². The van der Waals surface area contributed by atoms with Gasteiger partial charge in [0, 0.05) is 44.6 Å². The molecule has 2 aromatic carbocycles. The molecular weight excluding hydrogens is 664 g/mol. The van der Waals surface area contributed by atoms with Crippen molar-refractivity contribution < 1.29 is 23.5 Å². The van der Waals surface area contributed by atoms with E-state index >= 15 is 0 Å². The summed E-state index contributed by atoms with van der Waals surface area (Å²) in [6.07, 6.45) is 10.4. The molecule has 272 valence electrons. The highest BCUT2D eigenvalue weighted by Gasteiger charge is 2.33. The summed E-state index contributed by atoms with van der Waals surface area (Å²) < 4.78 is 16.1. The van der Waals surface area contributed by atoms with Gasteiger partial charge in [-0.2, -0.15) is 5.10 Å². The first-order valence-electron chi connectivity index (χ1n) is 18.2. The Bertz CT molecular complexity index is 2230. The number of imide groups is 1. The second kappa shape index (κ2) is 13.7. The molecule has 3 aromatic heterocycles. The number of anilines is 1. The highest BCUT2D eigenvalue weighted by molar-refractivity contribution is 6.05. The number of nitrogens with one attached hydrogen (secondary N) is 2. The molecule has 5 aromatic rings. The minimum atomic E-state index is -0.681. The highest BCUT2D eigenvalue weighted by atomic mass is 16.5. The summed E-state index contributed by atoms with van der Waals surface area (Å²) in [6.45, 7) is 4.78. The maximum atomic E-state index is 13.4. The first-order chi connectivity index (χ1) is 25.2. The number of aryl methyl sites for hydroxylation is 2. The Labute approximate surface area is 300 Å². The van der Waals surface area contributed by atoms with E-state index in [9.17, 15) is 19.2 Å². The molecule has 3 amide bonds. The Hall–Kier alpha value is -5.24. The topological polar surface area (TPSA) is 159 Å². The number of hydrogen-bond donors (Lipinski definition) is 2. The fourth-order valence-electron chi connectivity index (χ4n) is 8.59. The van der Waals surface area contributed by atoms with Crippen LogP contribution in [0, 0.1) is 12.8 Å². The number of para-hydroxylation sites is 1. The number of aromatic nitrogens is 5. The number of piperidine rings is 2. The monoisotopic (exact) mass is 708 g/mol. The van der Waals surface area contributed by atoms with Crippen molar-refractivity contribution in [2.24, 2.45) is 13.0 Å². The average molecular weight is 709 g/mol. The summed E-state index contributed by atoms with van der Waals surface area (Å²) in [7, 11) is 3.36. The van der Waals surface area contributed by atoms with E-state index in [4.69, 9.17) is 14.3 Å². The standard InChI is InChI=1S/C38H44N8O6/c1-22-39-30(21-52-22)36(48)40-29-17-25-20-45(42-28(25)18-33(29)51-3)26-9-7-23(8-10-26)19-44-15-13-24(14-16-44)27-5-4-6-31-35(27)43(2)38(50)46(31)32-11-12-34(47)41-37(32)49/h4-6,17-18,20-21,23-24,26,32H,7-16,19H2,1-3H3,(H,40,48)(H,41,47,49)/t23-,26-,32?. The van der Waals surface area contributed by atoms with Crippen LogP contribution in [0.5, 0.6) is 5.75 Å². The lowest BCUT2D eigenvalue weighted by Crippen LogP contribution is -2.44. The van der Waals surface area contributed by atoms with Gasteiger partial charge in [-0.05, 0) is 87.6 Å². The number of fused-ring (bicyclic) bond motifs is 2. The number of nitrogens with zero attached hydrogens (tertiary/aromatic N) is 6. The molecule has 2 N–H and O–H groups in total. The van der Waals surface area contributed by atoms with Gasteiger partial charge in [0.1, 0.15) is 18.1 Å². The Kier molecular flexibility index (Phi) is 8.94. The van der Waals surface area contributed by atoms with Gasteiger partial charge in [0.15, 0.2) is 11.6 Å². The lowest BCUT2D eigenvalue weighted by molar-refractivity contribution is -0.135. The molecule has 0 bridgehead atoms. The molecule has 2 saturated heterocycles. The molecule has 1 unspecified atom stereocenters. The minimum absolute atomic E-state index is 0.210. The predicted molar refractivity (Wildman–Crippen MR) is 193 cm³/mol. The summed E-state index contributed by atoms with van der Waals surface area (Å²) >= 11 is 0. The Morgan fingerprint density at radius 1 is 1.06 bits per heavy atom. The number of carbonyl (C=O) groups excluding carboxylic acids is 3. The van der Waals surface area contributed by atoms with E-state index in [1.807, 2.05) is 24.3 Å². The summed E-state index contributed by atoms with van der Waals surface area (Å²) in [6, 6.07) is 9.42. The van der Waals surface area contributed by atoms with Crippen molar-refractivity contribution in [1.82, 2.24) is 34.1 Å². The quantitative estimate of drug-likeness (QED) is 0.215. The number of hydrogen-bond acceptors (Lipinski definition) is 9. The Morgan fingerprint density at radius 2 is 1.85 bits per heavy atom. The normalized spacial score (nSPS) is 21.9. The van der Waals surface area contributed by atoms with E-state index in [0.717, 1.165) is 85.7 Å². The number of amides is 3. The summed E-state index contributed by atoms with van der Waals surface area (Å²) in [5.74, 6) is 0.851. The van der Waals surface area contributed by atoms with Crippen molar-refractivity contribution in [3.63, 3.8) is 0 Å². The Morgan fingerprint density at radius 3 is 2.56 bits per heavy atom. The molecule has 5 heterocycles. The van der Waals surface area contributed by atoms with Gasteiger partial charge in [-0.25, -0.2) is 9.78 Å². The molecule has 14 heteroatoms. The predicted octanol–water partition coefficient (Wildman–Crippen LogP) is 4.84. The number of benzene rings is 2. The van der Waals surface area contributed by atoms with E-state index in [2.05, 4.69) is 37.5 Å². The van der Waals surface area contributed by atoms with Crippen molar-refractivity contribution in [2.45, 2.75) is 76.3 Å². The SMILES string of the molecule is COc1cc2nn([C@H]3CC[C@H](CN4CCC(c5cccc6c5n(C)c(=O)n6C5CCC(=O)NC5=O)CC4)CC3)cc2cc1NC(=O)c1coc(C)n1. The largest absolute Gasteiger partial charge is 0.494 e. The van der Waals surface area contributed by atoms with Crippen LogP contribution in [0.1, 0.15) is 91.3 Å². The number of ether oxygens (including phenoxy) is 1. The maximum absolute atomic E-state index is 13.4. The number of likely N-dealkylation sites (tertiary alicyclic amines) is 1. The third kappa shape index (κ3) is 6.29. The molecule has 3 aliphatic rings. The molecule has 1 atom stereocenters. The third-order valence-corrected chi connectivity index (χ3v) is 11.3. The fourth-order valence-corrected chi connectivity index (χ4v) is 8.59. The number of carbonyl (C=O) groups is 3. The van der Waals surface area contributed by atoms with E-state index < -0.39 is 11.9 Å². The zero-order chi connectivity index (χ0) is 36.1. The first kappa shape index (κ1) is 33.9.